The summed E-state index contributed by atoms with van der Waals surface area (Å²) in [6, 6.07) is 11.0. The van der Waals surface area contributed by atoms with Crippen molar-refractivity contribution in [3.05, 3.63) is 51.6 Å². The summed E-state index contributed by atoms with van der Waals surface area (Å²) in [5.41, 5.74) is 0.686. The standard InChI is InChI=1S/C16H14N2O3S/c1-3-21-16(20)12-9-11-14(22-12)17-13(18(2)15(11)19)10-7-5-4-6-8-10/h4-9H,3H2,1-2H3. The average Bonchev–Trinajstić information content (AvgIpc) is 2.96. The van der Waals surface area contributed by atoms with E-state index in [9.17, 15) is 9.59 Å². The van der Waals surface area contributed by atoms with Gasteiger partial charge >= 0.3 is 5.97 Å². The molecular formula is C16H14N2O3S. The zero-order valence-corrected chi connectivity index (χ0v) is 13.0. The lowest BCUT2D eigenvalue weighted by molar-refractivity contribution is 0.0532. The first-order chi connectivity index (χ1) is 10.6. The highest BCUT2D eigenvalue weighted by atomic mass is 32.1. The molecule has 0 aliphatic heterocycles. The van der Waals surface area contributed by atoms with Crippen LogP contribution in [-0.2, 0) is 11.8 Å². The fourth-order valence-electron chi connectivity index (χ4n) is 2.21. The second-order valence-electron chi connectivity index (χ2n) is 4.72. The van der Waals surface area contributed by atoms with Gasteiger partial charge in [0.15, 0.2) is 0 Å². The van der Waals surface area contributed by atoms with Crippen LogP contribution in [0.25, 0.3) is 21.6 Å². The maximum atomic E-state index is 12.5. The van der Waals surface area contributed by atoms with Crippen molar-refractivity contribution in [2.24, 2.45) is 7.05 Å². The molecule has 0 radical (unpaired) electrons. The van der Waals surface area contributed by atoms with Crippen LogP contribution >= 0.6 is 11.3 Å². The summed E-state index contributed by atoms with van der Waals surface area (Å²) in [7, 11) is 1.68. The van der Waals surface area contributed by atoms with E-state index in [2.05, 4.69) is 4.98 Å². The highest BCUT2D eigenvalue weighted by molar-refractivity contribution is 7.20. The summed E-state index contributed by atoms with van der Waals surface area (Å²) in [6.45, 7) is 2.05. The van der Waals surface area contributed by atoms with Crippen LogP contribution in [0.3, 0.4) is 0 Å². The Morgan fingerprint density at radius 3 is 2.73 bits per heavy atom. The number of hydrogen-bond acceptors (Lipinski definition) is 5. The number of carbonyl (C=O) groups is 1. The molecule has 3 rings (SSSR count). The second-order valence-corrected chi connectivity index (χ2v) is 5.75. The monoisotopic (exact) mass is 314 g/mol. The van der Waals surface area contributed by atoms with E-state index in [4.69, 9.17) is 4.74 Å². The van der Waals surface area contributed by atoms with Crippen LogP contribution in [0, 0.1) is 0 Å². The molecule has 2 heterocycles. The number of benzene rings is 1. The van der Waals surface area contributed by atoms with Gasteiger partial charge in [0.2, 0.25) is 0 Å². The predicted octanol–water partition coefficient (Wildman–Crippen LogP) is 2.84. The van der Waals surface area contributed by atoms with E-state index >= 15 is 0 Å². The summed E-state index contributed by atoms with van der Waals surface area (Å²) in [5, 5.41) is 0.440. The number of aromatic nitrogens is 2. The predicted molar refractivity (Wildman–Crippen MR) is 86.3 cm³/mol. The number of fused-ring (bicyclic) bond motifs is 1. The summed E-state index contributed by atoms with van der Waals surface area (Å²) < 4.78 is 6.48. The zero-order valence-electron chi connectivity index (χ0n) is 12.2. The molecule has 0 amide bonds. The van der Waals surface area contributed by atoms with Gasteiger partial charge < -0.3 is 4.74 Å². The van der Waals surface area contributed by atoms with Crippen LogP contribution in [0.5, 0.6) is 0 Å². The lowest BCUT2D eigenvalue weighted by Gasteiger charge is -2.06. The smallest absolute Gasteiger partial charge is 0.348 e. The molecule has 0 saturated carbocycles. The third-order valence-corrected chi connectivity index (χ3v) is 4.29. The topological polar surface area (TPSA) is 61.2 Å². The van der Waals surface area contributed by atoms with Crippen LogP contribution < -0.4 is 5.56 Å². The molecule has 0 fully saturated rings. The van der Waals surface area contributed by atoms with Crippen LogP contribution in [0.1, 0.15) is 16.6 Å². The first-order valence-corrected chi connectivity index (χ1v) is 7.66. The highest BCUT2D eigenvalue weighted by Gasteiger charge is 2.17. The molecule has 1 aromatic carbocycles. The minimum Gasteiger partial charge on any atom is -0.462 e. The molecule has 0 spiro atoms. The van der Waals surface area contributed by atoms with Gasteiger partial charge in [0.25, 0.3) is 5.56 Å². The number of carbonyl (C=O) groups excluding carboxylic acids is 1. The molecule has 6 heteroatoms. The molecule has 112 valence electrons. The normalized spacial score (nSPS) is 10.8. The van der Waals surface area contributed by atoms with E-state index in [1.54, 1.807) is 20.0 Å². The van der Waals surface area contributed by atoms with Crippen LogP contribution in [0.2, 0.25) is 0 Å². The molecule has 0 bridgehead atoms. The van der Waals surface area contributed by atoms with Crippen molar-refractivity contribution in [3.8, 4) is 11.4 Å². The first-order valence-electron chi connectivity index (χ1n) is 6.85. The highest BCUT2D eigenvalue weighted by Crippen LogP contribution is 2.25. The SMILES string of the molecule is CCOC(=O)c1cc2c(=O)n(C)c(-c3ccccc3)nc2s1. The summed E-state index contributed by atoms with van der Waals surface area (Å²) in [6.07, 6.45) is 0. The Labute approximate surface area is 130 Å². The fourth-order valence-corrected chi connectivity index (χ4v) is 3.13. The van der Waals surface area contributed by atoms with Gasteiger partial charge in [0.05, 0.1) is 12.0 Å². The van der Waals surface area contributed by atoms with E-state index in [1.165, 1.54) is 15.9 Å². The second kappa shape index (κ2) is 5.73. The average molecular weight is 314 g/mol. The molecule has 22 heavy (non-hydrogen) atoms. The Morgan fingerprint density at radius 1 is 1.32 bits per heavy atom. The van der Waals surface area contributed by atoms with Crippen molar-refractivity contribution < 1.29 is 9.53 Å². The fraction of sp³-hybridized carbons (Fsp3) is 0.188. The molecular weight excluding hydrogens is 300 g/mol. The quantitative estimate of drug-likeness (QED) is 0.697. The number of thiophene rings is 1. The Kier molecular flexibility index (Phi) is 3.77. The summed E-state index contributed by atoms with van der Waals surface area (Å²) in [4.78, 5) is 29.8. The van der Waals surface area contributed by atoms with Gasteiger partial charge in [0, 0.05) is 12.6 Å². The number of ether oxygens (including phenoxy) is 1. The van der Waals surface area contributed by atoms with E-state index in [0.29, 0.717) is 27.5 Å². The van der Waals surface area contributed by atoms with Crippen LogP contribution in [0.15, 0.2) is 41.2 Å². The Bertz CT molecular complexity index is 897. The Hall–Kier alpha value is -2.47. The third kappa shape index (κ3) is 2.42. The Balaban J connectivity index is 2.20. The maximum Gasteiger partial charge on any atom is 0.348 e. The minimum absolute atomic E-state index is 0.171. The maximum absolute atomic E-state index is 12.5. The lowest BCUT2D eigenvalue weighted by Crippen LogP contribution is -2.19. The molecule has 0 N–H and O–H groups in total. The molecule has 2 aromatic heterocycles. The van der Waals surface area contributed by atoms with E-state index in [0.717, 1.165) is 5.56 Å². The van der Waals surface area contributed by atoms with Crippen molar-refractivity contribution in [3.63, 3.8) is 0 Å². The number of rotatable bonds is 3. The van der Waals surface area contributed by atoms with Crippen molar-refractivity contribution in [2.75, 3.05) is 6.61 Å². The first kappa shape index (κ1) is 14.5. The van der Waals surface area contributed by atoms with Gasteiger partial charge in [-0.15, -0.1) is 11.3 Å². The molecule has 0 unspecified atom stereocenters. The molecule has 0 aliphatic rings. The van der Waals surface area contributed by atoms with E-state index in [-0.39, 0.29) is 5.56 Å². The van der Waals surface area contributed by atoms with Crippen LogP contribution in [-0.4, -0.2) is 22.1 Å². The number of nitrogens with zero attached hydrogens (tertiary/aromatic N) is 2. The Morgan fingerprint density at radius 2 is 2.05 bits per heavy atom. The van der Waals surface area contributed by atoms with Crippen LogP contribution in [0.4, 0.5) is 0 Å². The van der Waals surface area contributed by atoms with Gasteiger partial charge in [-0.05, 0) is 13.0 Å². The van der Waals surface area contributed by atoms with E-state index in [1.807, 2.05) is 30.3 Å². The van der Waals surface area contributed by atoms with Gasteiger partial charge in [0.1, 0.15) is 15.5 Å². The van der Waals surface area contributed by atoms with Gasteiger partial charge in [-0.3, -0.25) is 9.36 Å². The largest absolute Gasteiger partial charge is 0.462 e. The van der Waals surface area contributed by atoms with E-state index < -0.39 is 5.97 Å². The van der Waals surface area contributed by atoms with Gasteiger partial charge in [-0.1, -0.05) is 30.3 Å². The van der Waals surface area contributed by atoms with Crippen molar-refractivity contribution in [1.29, 1.82) is 0 Å². The molecule has 0 saturated heterocycles. The van der Waals surface area contributed by atoms with Gasteiger partial charge in [-0.25, -0.2) is 9.78 Å². The third-order valence-electron chi connectivity index (χ3n) is 3.28. The lowest BCUT2D eigenvalue weighted by atomic mass is 10.2. The molecule has 0 atom stereocenters. The number of hydrogen-bond donors (Lipinski definition) is 0. The minimum atomic E-state index is -0.422. The van der Waals surface area contributed by atoms with Crippen molar-refractivity contribution >= 4 is 27.5 Å². The molecule has 0 aliphatic carbocycles. The van der Waals surface area contributed by atoms with Gasteiger partial charge in [-0.2, -0.15) is 0 Å². The summed E-state index contributed by atoms with van der Waals surface area (Å²) >= 11 is 1.18. The molecule has 5 nitrogen and oxygen atoms in total. The number of esters is 1. The van der Waals surface area contributed by atoms with Crippen molar-refractivity contribution in [2.45, 2.75) is 6.92 Å². The van der Waals surface area contributed by atoms with Crippen molar-refractivity contribution in [1.82, 2.24) is 9.55 Å². The summed E-state index contributed by atoms with van der Waals surface area (Å²) in [5.74, 6) is 0.157. The molecule has 3 aromatic rings. The zero-order chi connectivity index (χ0) is 15.7.